The van der Waals surface area contributed by atoms with Crippen LogP contribution in [0.3, 0.4) is 0 Å². The zero-order valence-corrected chi connectivity index (χ0v) is 4.69. The van der Waals surface area contributed by atoms with Gasteiger partial charge < -0.3 is 11.5 Å². The van der Waals surface area contributed by atoms with Gasteiger partial charge >= 0.3 is 0 Å². The van der Waals surface area contributed by atoms with Gasteiger partial charge in [0.15, 0.2) is 0 Å². The largest absolute Gasteiger partial charge is 0.329 e. The van der Waals surface area contributed by atoms with E-state index in [4.69, 9.17) is 11.5 Å². The van der Waals surface area contributed by atoms with E-state index in [1.165, 1.54) is 0 Å². The van der Waals surface area contributed by atoms with Crippen molar-refractivity contribution in [3.05, 3.63) is 0 Å². The van der Waals surface area contributed by atoms with Crippen molar-refractivity contribution in [3.63, 3.8) is 0 Å². The molecule has 0 heterocycles. The lowest BCUT2D eigenvalue weighted by molar-refractivity contribution is 0.976. The average Bonchev–Trinajstić information content (AvgIpc) is 1.37. The minimum absolute atomic E-state index is 0. The lowest BCUT2D eigenvalue weighted by atomic mass is 10.7. The molecule has 0 amide bonds. The Bertz CT molecular complexity index is 9.61. The van der Waals surface area contributed by atoms with E-state index in [0.29, 0.717) is 13.1 Å². The number of rotatable bonds is 1. The molecule has 3 heteroatoms. The highest BCUT2D eigenvalue weighted by atomic mass is 79.9. The third-order valence-electron chi connectivity index (χ3n) is 0.167. The number of nitrogens with two attached hydrogens (primary N) is 2. The first-order chi connectivity index (χ1) is 1.91. The summed E-state index contributed by atoms with van der Waals surface area (Å²) in [5, 5.41) is 0. The van der Waals surface area contributed by atoms with Gasteiger partial charge in [-0.15, -0.1) is 17.0 Å². The molecule has 0 rings (SSSR count). The Hall–Kier alpha value is 0.400. The Kier molecular flexibility index (Phi) is 16.0. The van der Waals surface area contributed by atoms with E-state index in [-0.39, 0.29) is 17.0 Å². The molecule has 5 heavy (non-hydrogen) atoms. The molecule has 0 bridgehead atoms. The maximum Gasteiger partial charge on any atom is 0.00461 e. The molecule has 0 aromatic heterocycles. The van der Waals surface area contributed by atoms with E-state index in [0.717, 1.165) is 0 Å². The van der Waals surface area contributed by atoms with Crippen molar-refractivity contribution >= 4 is 17.0 Å². The first kappa shape index (κ1) is 9.04. The van der Waals surface area contributed by atoms with Gasteiger partial charge in [-0.1, -0.05) is 0 Å². The molecule has 0 aliphatic carbocycles. The van der Waals surface area contributed by atoms with Crippen molar-refractivity contribution in [2.24, 2.45) is 11.5 Å². The van der Waals surface area contributed by atoms with E-state index in [1.54, 1.807) is 0 Å². The summed E-state index contributed by atoms with van der Waals surface area (Å²) >= 11 is 0. The predicted molar refractivity (Wildman–Crippen MR) is 28.4 cm³/mol. The van der Waals surface area contributed by atoms with Crippen LogP contribution in [0.25, 0.3) is 0 Å². The van der Waals surface area contributed by atoms with Gasteiger partial charge in [0.05, 0.1) is 0 Å². The molecule has 0 aromatic rings. The summed E-state index contributed by atoms with van der Waals surface area (Å²) < 4.78 is 0. The van der Waals surface area contributed by atoms with Crippen LogP contribution in [0.4, 0.5) is 0 Å². The smallest absolute Gasteiger partial charge is 0.00461 e. The van der Waals surface area contributed by atoms with Crippen LogP contribution in [0.5, 0.6) is 0 Å². The molecule has 0 saturated heterocycles. The van der Waals surface area contributed by atoms with Gasteiger partial charge in [0.1, 0.15) is 0 Å². The van der Waals surface area contributed by atoms with E-state index in [2.05, 4.69) is 0 Å². The van der Waals surface area contributed by atoms with E-state index < -0.39 is 0 Å². The molecule has 0 spiro atoms. The van der Waals surface area contributed by atoms with Crippen LogP contribution in [0, 0.1) is 0 Å². The lowest BCUT2D eigenvalue weighted by Gasteiger charge is -1.72. The molecule has 4 N–H and O–H groups in total. The predicted octanol–water partition coefficient (Wildman–Crippen LogP) is -0.518. The summed E-state index contributed by atoms with van der Waals surface area (Å²) in [4.78, 5) is 0. The molecule has 0 radical (unpaired) electrons. The average molecular weight is 141 g/mol. The minimum atomic E-state index is 0. The Morgan fingerprint density at radius 2 is 1.20 bits per heavy atom. The fourth-order valence-electron chi connectivity index (χ4n) is 0. The van der Waals surface area contributed by atoms with Crippen molar-refractivity contribution in [1.29, 1.82) is 0 Å². The first-order valence-electron chi connectivity index (χ1n) is 1.32. The summed E-state index contributed by atoms with van der Waals surface area (Å²) in [7, 11) is 0. The first-order valence-corrected chi connectivity index (χ1v) is 1.32. The molecular formula is C2H9BrN2. The molecule has 0 aromatic carbocycles. The number of hydrogen-bond donors (Lipinski definition) is 2. The molecule has 0 unspecified atom stereocenters. The highest BCUT2D eigenvalue weighted by molar-refractivity contribution is 8.93. The van der Waals surface area contributed by atoms with Gasteiger partial charge in [-0.25, -0.2) is 0 Å². The topological polar surface area (TPSA) is 52.0 Å². The van der Waals surface area contributed by atoms with Crippen LogP contribution in [0.15, 0.2) is 0 Å². The number of hydrogen-bond acceptors (Lipinski definition) is 2. The highest BCUT2D eigenvalue weighted by Crippen LogP contribution is 1.24. The summed E-state index contributed by atoms with van der Waals surface area (Å²) in [5.41, 5.74) is 9.81. The van der Waals surface area contributed by atoms with Gasteiger partial charge in [-0.3, -0.25) is 0 Å². The fraction of sp³-hybridized carbons (Fsp3) is 1.00. The van der Waals surface area contributed by atoms with Crippen molar-refractivity contribution < 1.29 is 0 Å². The normalized spacial score (nSPS) is 6.00. The van der Waals surface area contributed by atoms with Crippen LogP contribution in [-0.4, -0.2) is 13.1 Å². The van der Waals surface area contributed by atoms with Crippen molar-refractivity contribution in [2.45, 2.75) is 0 Å². The summed E-state index contributed by atoms with van der Waals surface area (Å²) in [6, 6.07) is 0. The highest BCUT2D eigenvalue weighted by Gasteiger charge is 1.54. The molecule has 2 nitrogen and oxygen atoms in total. The van der Waals surface area contributed by atoms with Gasteiger partial charge in [0, 0.05) is 13.1 Å². The second-order valence-electron chi connectivity index (χ2n) is 0.577. The van der Waals surface area contributed by atoms with Crippen LogP contribution in [-0.2, 0) is 0 Å². The van der Waals surface area contributed by atoms with Gasteiger partial charge in [-0.2, -0.15) is 0 Å². The number of halogens is 1. The second-order valence-corrected chi connectivity index (χ2v) is 0.577. The Morgan fingerprint density at radius 1 is 1.00 bits per heavy atom. The second kappa shape index (κ2) is 8.83. The molecular weight excluding hydrogens is 132 g/mol. The van der Waals surface area contributed by atoms with Gasteiger partial charge in [0.25, 0.3) is 0 Å². The summed E-state index contributed by atoms with van der Waals surface area (Å²) in [6.07, 6.45) is 0. The van der Waals surface area contributed by atoms with E-state index >= 15 is 0 Å². The fourth-order valence-corrected chi connectivity index (χ4v) is 0. The molecule has 0 fully saturated rings. The zero-order chi connectivity index (χ0) is 3.41. The summed E-state index contributed by atoms with van der Waals surface area (Å²) in [5.74, 6) is 0. The van der Waals surface area contributed by atoms with Crippen LogP contribution in [0.1, 0.15) is 0 Å². The monoisotopic (exact) mass is 140 g/mol. The van der Waals surface area contributed by atoms with Crippen molar-refractivity contribution in [1.82, 2.24) is 0 Å². The SMILES string of the molecule is Br.NCCN. The molecule has 0 aliphatic heterocycles. The molecule has 34 valence electrons. The molecule has 0 aliphatic rings. The summed E-state index contributed by atoms with van der Waals surface area (Å²) in [6.45, 7) is 1.19. The maximum atomic E-state index is 4.90. The maximum absolute atomic E-state index is 4.90. The van der Waals surface area contributed by atoms with Crippen LogP contribution < -0.4 is 11.5 Å². The van der Waals surface area contributed by atoms with E-state index in [9.17, 15) is 0 Å². The Labute approximate surface area is 42.3 Å². The Balaban J connectivity index is 0. The Morgan fingerprint density at radius 3 is 1.20 bits per heavy atom. The lowest BCUT2D eigenvalue weighted by Crippen LogP contribution is -2.11. The van der Waals surface area contributed by atoms with Gasteiger partial charge in [-0.05, 0) is 0 Å². The van der Waals surface area contributed by atoms with E-state index in [1.807, 2.05) is 0 Å². The van der Waals surface area contributed by atoms with Crippen LogP contribution in [0.2, 0.25) is 0 Å². The van der Waals surface area contributed by atoms with Crippen LogP contribution >= 0.6 is 17.0 Å². The van der Waals surface area contributed by atoms with Gasteiger partial charge in [0.2, 0.25) is 0 Å². The molecule has 0 atom stereocenters. The van der Waals surface area contributed by atoms with Crippen molar-refractivity contribution in [3.8, 4) is 0 Å². The molecule has 0 saturated carbocycles. The standard InChI is InChI=1S/C2H8N2.BrH/c3-1-2-4;/h1-4H2;1H. The minimum Gasteiger partial charge on any atom is -0.329 e. The quantitative estimate of drug-likeness (QED) is 0.516. The zero-order valence-electron chi connectivity index (χ0n) is 2.98. The van der Waals surface area contributed by atoms with Crippen molar-refractivity contribution in [2.75, 3.05) is 13.1 Å². The third-order valence-corrected chi connectivity index (χ3v) is 0.167. The third kappa shape index (κ3) is 12.9.